The first-order chi connectivity index (χ1) is 9.25. The maximum absolute atomic E-state index is 10.4. The Labute approximate surface area is 113 Å². The molecular formula is C15H21NO3. The number of piperidine rings is 1. The number of carboxylic acids is 1. The zero-order chi connectivity index (χ0) is 13.5. The van der Waals surface area contributed by atoms with E-state index >= 15 is 0 Å². The molecule has 0 aromatic heterocycles. The molecule has 0 spiro atoms. The molecule has 4 nitrogen and oxygen atoms in total. The van der Waals surface area contributed by atoms with Crippen LogP contribution in [0.15, 0.2) is 24.3 Å². The molecule has 1 aliphatic rings. The first-order valence-electron chi connectivity index (χ1n) is 6.91. The van der Waals surface area contributed by atoms with Gasteiger partial charge in [-0.2, -0.15) is 0 Å². The van der Waals surface area contributed by atoms with Crippen molar-refractivity contribution in [1.82, 2.24) is 5.32 Å². The number of carbonyl (C=O) groups is 1. The number of benzene rings is 1. The van der Waals surface area contributed by atoms with Gasteiger partial charge in [0.05, 0.1) is 6.61 Å². The lowest BCUT2D eigenvalue weighted by molar-refractivity contribution is -0.137. The number of carboxylic acid groups (broad SMARTS) is 1. The summed E-state index contributed by atoms with van der Waals surface area (Å²) in [7, 11) is 0. The van der Waals surface area contributed by atoms with E-state index in [0.717, 1.165) is 18.8 Å². The summed E-state index contributed by atoms with van der Waals surface area (Å²) in [4.78, 5) is 10.4. The van der Waals surface area contributed by atoms with Gasteiger partial charge in [0.2, 0.25) is 0 Å². The summed E-state index contributed by atoms with van der Waals surface area (Å²) in [5.74, 6) is 0.650. The summed E-state index contributed by atoms with van der Waals surface area (Å²) in [5.41, 5.74) is 1.35. The second-order valence-electron chi connectivity index (χ2n) is 4.96. The molecule has 0 saturated carbocycles. The Balaban J connectivity index is 1.79. The van der Waals surface area contributed by atoms with E-state index in [0.29, 0.717) is 18.9 Å². The van der Waals surface area contributed by atoms with E-state index in [1.807, 2.05) is 12.1 Å². The molecule has 0 bridgehead atoms. The quantitative estimate of drug-likeness (QED) is 0.774. The minimum Gasteiger partial charge on any atom is -0.494 e. The molecule has 1 unspecified atom stereocenters. The van der Waals surface area contributed by atoms with Gasteiger partial charge in [-0.05, 0) is 49.4 Å². The fourth-order valence-corrected chi connectivity index (χ4v) is 2.39. The topological polar surface area (TPSA) is 58.6 Å². The highest BCUT2D eigenvalue weighted by Crippen LogP contribution is 2.25. The van der Waals surface area contributed by atoms with Crippen LogP contribution in [0.4, 0.5) is 0 Å². The van der Waals surface area contributed by atoms with Crippen LogP contribution in [0, 0.1) is 0 Å². The lowest BCUT2D eigenvalue weighted by Crippen LogP contribution is -2.28. The van der Waals surface area contributed by atoms with Crippen molar-refractivity contribution in [2.24, 2.45) is 0 Å². The Bertz CT molecular complexity index is 396. The number of hydrogen-bond donors (Lipinski definition) is 2. The third-order valence-corrected chi connectivity index (χ3v) is 3.45. The van der Waals surface area contributed by atoms with Crippen molar-refractivity contribution in [3.63, 3.8) is 0 Å². The Morgan fingerprint density at radius 1 is 1.37 bits per heavy atom. The fourth-order valence-electron chi connectivity index (χ4n) is 2.39. The minimum atomic E-state index is -0.774. The number of ether oxygens (including phenoxy) is 1. The van der Waals surface area contributed by atoms with Gasteiger partial charge >= 0.3 is 5.97 Å². The standard InChI is InChI=1S/C15H21NO3/c17-15(18)4-2-10-19-14-7-5-12(6-8-14)13-3-1-9-16-11-13/h5-8,13,16H,1-4,9-11H2,(H,17,18). The third kappa shape index (κ3) is 4.56. The Morgan fingerprint density at radius 3 is 2.79 bits per heavy atom. The maximum atomic E-state index is 10.4. The first kappa shape index (κ1) is 13.9. The van der Waals surface area contributed by atoms with Gasteiger partial charge in [-0.3, -0.25) is 4.79 Å². The molecule has 0 radical (unpaired) electrons. The SMILES string of the molecule is O=C(O)CCCOc1ccc(C2CCCNC2)cc1. The lowest BCUT2D eigenvalue weighted by Gasteiger charge is -2.23. The summed E-state index contributed by atoms with van der Waals surface area (Å²) in [6, 6.07) is 8.18. The van der Waals surface area contributed by atoms with Crippen molar-refractivity contribution in [2.45, 2.75) is 31.6 Å². The summed E-state index contributed by atoms with van der Waals surface area (Å²) >= 11 is 0. The van der Waals surface area contributed by atoms with Gasteiger partial charge in [0.15, 0.2) is 0 Å². The van der Waals surface area contributed by atoms with Crippen LogP contribution in [0.3, 0.4) is 0 Å². The smallest absolute Gasteiger partial charge is 0.303 e. The van der Waals surface area contributed by atoms with Crippen LogP contribution in [-0.4, -0.2) is 30.8 Å². The average molecular weight is 263 g/mol. The highest BCUT2D eigenvalue weighted by Gasteiger charge is 2.14. The Morgan fingerprint density at radius 2 is 2.16 bits per heavy atom. The summed E-state index contributed by atoms with van der Waals surface area (Å²) in [6.07, 6.45) is 3.18. The van der Waals surface area contributed by atoms with Gasteiger partial charge in [0.25, 0.3) is 0 Å². The molecule has 19 heavy (non-hydrogen) atoms. The van der Waals surface area contributed by atoms with E-state index in [1.165, 1.54) is 18.4 Å². The van der Waals surface area contributed by atoms with Gasteiger partial charge < -0.3 is 15.2 Å². The van der Waals surface area contributed by atoms with Crippen molar-refractivity contribution >= 4 is 5.97 Å². The highest BCUT2D eigenvalue weighted by molar-refractivity contribution is 5.66. The number of aliphatic carboxylic acids is 1. The molecular weight excluding hydrogens is 242 g/mol. The zero-order valence-electron chi connectivity index (χ0n) is 11.1. The molecule has 1 aromatic carbocycles. The van der Waals surface area contributed by atoms with Crippen LogP contribution in [-0.2, 0) is 4.79 Å². The molecule has 1 heterocycles. The van der Waals surface area contributed by atoms with E-state index < -0.39 is 5.97 Å². The fraction of sp³-hybridized carbons (Fsp3) is 0.533. The number of nitrogens with one attached hydrogen (secondary N) is 1. The largest absolute Gasteiger partial charge is 0.494 e. The second-order valence-corrected chi connectivity index (χ2v) is 4.96. The van der Waals surface area contributed by atoms with Crippen LogP contribution in [0.1, 0.15) is 37.2 Å². The molecule has 0 amide bonds. The summed E-state index contributed by atoms with van der Waals surface area (Å²) < 4.78 is 5.52. The van der Waals surface area contributed by atoms with Gasteiger partial charge in [0.1, 0.15) is 5.75 Å². The van der Waals surface area contributed by atoms with Gasteiger partial charge in [-0.25, -0.2) is 0 Å². The third-order valence-electron chi connectivity index (χ3n) is 3.45. The maximum Gasteiger partial charge on any atom is 0.303 e. The number of hydrogen-bond acceptors (Lipinski definition) is 3. The normalized spacial score (nSPS) is 19.1. The molecule has 2 N–H and O–H groups in total. The molecule has 1 aliphatic heterocycles. The Hall–Kier alpha value is -1.55. The molecule has 1 saturated heterocycles. The van der Waals surface area contributed by atoms with Crippen molar-refractivity contribution in [3.8, 4) is 5.75 Å². The van der Waals surface area contributed by atoms with Crippen molar-refractivity contribution in [3.05, 3.63) is 29.8 Å². The molecule has 0 aliphatic carbocycles. The van der Waals surface area contributed by atoms with E-state index in [-0.39, 0.29) is 6.42 Å². The van der Waals surface area contributed by atoms with Crippen molar-refractivity contribution in [2.75, 3.05) is 19.7 Å². The van der Waals surface area contributed by atoms with Crippen LogP contribution in [0.2, 0.25) is 0 Å². The first-order valence-corrected chi connectivity index (χ1v) is 6.91. The van der Waals surface area contributed by atoms with Gasteiger partial charge in [-0.1, -0.05) is 12.1 Å². The lowest BCUT2D eigenvalue weighted by atomic mass is 9.92. The summed E-state index contributed by atoms with van der Waals surface area (Å²) in [6.45, 7) is 2.64. The molecule has 4 heteroatoms. The number of rotatable bonds is 6. The summed E-state index contributed by atoms with van der Waals surface area (Å²) in [5, 5.41) is 11.9. The van der Waals surface area contributed by atoms with Crippen LogP contribution >= 0.6 is 0 Å². The van der Waals surface area contributed by atoms with E-state index in [4.69, 9.17) is 9.84 Å². The monoisotopic (exact) mass is 263 g/mol. The zero-order valence-corrected chi connectivity index (χ0v) is 11.1. The van der Waals surface area contributed by atoms with E-state index in [1.54, 1.807) is 0 Å². The highest BCUT2D eigenvalue weighted by atomic mass is 16.5. The molecule has 1 fully saturated rings. The van der Waals surface area contributed by atoms with E-state index in [9.17, 15) is 4.79 Å². The van der Waals surface area contributed by atoms with Crippen LogP contribution in [0.25, 0.3) is 0 Å². The minimum absolute atomic E-state index is 0.159. The van der Waals surface area contributed by atoms with Crippen molar-refractivity contribution in [1.29, 1.82) is 0 Å². The molecule has 2 rings (SSSR count). The second kappa shape index (κ2) is 7.14. The Kier molecular flexibility index (Phi) is 5.21. The van der Waals surface area contributed by atoms with E-state index in [2.05, 4.69) is 17.4 Å². The predicted molar refractivity (Wildman–Crippen MR) is 73.7 cm³/mol. The van der Waals surface area contributed by atoms with Crippen LogP contribution < -0.4 is 10.1 Å². The molecule has 1 atom stereocenters. The van der Waals surface area contributed by atoms with Crippen molar-refractivity contribution < 1.29 is 14.6 Å². The van der Waals surface area contributed by atoms with Gasteiger partial charge in [0, 0.05) is 13.0 Å². The predicted octanol–water partition coefficient (Wildman–Crippen LogP) is 2.40. The van der Waals surface area contributed by atoms with Gasteiger partial charge in [-0.15, -0.1) is 0 Å². The molecule has 1 aromatic rings. The van der Waals surface area contributed by atoms with Crippen LogP contribution in [0.5, 0.6) is 5.75 Å². The average Bonchev–Trinajstić information content (AvgIpc) is 2.45. The molecule has 104 valence electrons.